The second-order valence-corrected chi connectivity index (χ2v) is 6.15. The van der Waals surface area contributed by atoms with Gasteiger partial charge in [-0.15, -0.1) is 0 Å². The van der Waals surface area contributed by atoms with Crippen molar-refractivity contribution in [3.05, 3.63) is 74.7 Å². The van der Waals surface area contributed by atoms with Crippen molar-refractivity contribution >= 4 is 28.9 Å². The lowest BCUT2D eigenvalue weighted by Gasteiger charge is -2.11. The number of hydrogen-bond acceptors (Lipinski definition) is 3. The first-order valence-electron chi connectivity index (χ1n) is 7.83. The number of nitrogens with one attached hydrogen (secondary N) is 1. The van der Waals surface area contributed by atoms with Crippen LogP contribution in [0.25, 0.3) is 11.0 Å². The minimum absolute atomic E-state index is 0.148. The third-order valence-electron chi connectivity index (χ3n) is 4.08. The van der Waals surface area contributed by atoms with Gasteiger partial charge < -0.3 is 9.78 Å². The number of aryl methyl sites for hydroxylation is 1. The van der Waals surface area contributed by atoms with Crippen LogP contribution in [0, 0.1) is 0 Å². The first kappa shape index (κ1) is 16.4. The number of aromatic amines is 1. The van der Waals surface area contributed by atoms with Gasteiger partial charge >= 0.3 is 0 Å². The topological polar surface area (TPSA) is 62.8 Å². The maximum Gasteiger partial charge on any atom is 0.270 e. The highest BCUT2D eigenvalue weighted by Crippen LogP contribution is 2.22. The van der Waals surface area contributed by atoms with Crippen molar-refractivity contribution in [3.63, 3.8) is 0 Å². The molecule has 0 radical (unpaired) electrons. The Morgan fingerprint density at radius 1 is 1.21 bits per heavy atom. The van der Waals surface area contributed by atoms with Crippen LogP contribution in [0.2, 0.25) is 5.02 Å². The zero-order valence-corrected chi connectivity index (χ0v) is 14.0. The van der Waals surface area contributed by atoms with E-state index in [1.54, 1.807) is 12.1 Å². The highest BCUT2D eigenvalue weighted by atomic mass is 35.5. The van der Waals surface area contributed by atoms with Gasteiger partial charge in [-0.25, -0.2) is 4.98 Å². The fourth-order valence-corrected chi connectivity index (χ4v) is 2.87. The van der Waals surface area contributed by atoms with E-state index in [0.29, 0.717) is 29.1 Å². The van der Waals surface area contributed by atoms with Crippen molar-refractivity contribution in [2.45, 2.75) is 25.7 Å². The van der Waals surface area contributed by atoms with Crippen LogP contribution >= 0.6 is 11.6 Å². The standard InChI is InChI=1S/C19H17ClN2O2/c1-2-16-19(24)22-17-8-3-12(10-18(17)21-16)9-14(11-23)13-4-6-15(20)7-5-13/h3-8,10-11,14H,2,9H2,1H3,(H,22,24). The summed E-state index contributed by atoms with van der Waals surface area (Å²) < 4.78 is 0. The molecule has 1 heterocycles. The van der Waals surface area contributed by atoms with Crippen molar-refractivity contribution in [1.29, 1.82) is 0 Å². The van der Waals surface area contributed by atoms with Crippen LogP contribution < -0.4 is 5.56 Å². The lowest BCUT2D eigenvalue weighted by atomic mass is 9.93. The van der Waals surface area contributed by atoms with Crippen molar-refractivity contribution in [2.24, 2.45) is 0 Å². The Kier molecular flexibility index (Phi) is 4.76. The minimum Gasteiger partial charge on any atom is -0.319 e. The molecule has 2 aromatic carbocycles. The summed E-state index contributed by atoms with van der Waals surface area (Å²) in [5.74, 6) is -0.242. The Bertz CT molecular complexity index is 932. The van der Waals surface area contributed by atoms with E-state index < -0.39 is 0 Å². The summed E-state index contributed by atoms with van der Waals surface area (Å²) >= 11 is 5.90. The van der Waals surface area contributed by atoms with Crippen LogP contribution in [0.1, 0.15) is 29.7 Å². The molecule has 1 aromatic heterocycles. The van der Waals surface area contributed by atoms with Crippen molar-refractivity contribution in [3.8, 4) is 0 Å². The van der Waals surface area contributed by atoms with Gasteiger partial charge in [0.05, 0.1) is 11.0 Å². The van der Waals surface area contributed by atoms with Gasteiger partial charge in [-0.3, -0.25) is 4.79 Å². The Labute approximate surface area is 144 Å². The molecule has 0 saturated carbocycles. The first-order chi connectivity index (χ1) is 11.6. The molecule has 0 saturated heterocycles. The molecule has 3 aromatic rings. The SMILES string of the molecule is CCc1nc2cc(CC(C=O)c3ccc(Cl)cc3)ccc2[nH]c1=O. The molecule has 3 rings (SSSR count). The first-order valence-corrected chi connectivity index (χ1v) is 8.21. The van der Waals surface area contributed by atoms with E-state index in [-0.39, 0.29) is 11.5 Å². The number of halogens is 1. The molecule has 0 aliphatic rings. The number of nitrogens with zero attached hydrogens (tertiary/aromatic N) is 1. The summed E-state index contributed by atoms with van der Waals surface area (Å²) in [6, 6.07) is 13.0. The normalized spacial score (nSPS) is 12.2. The molecule has 0 aliphatic heterocycles. The Morgan fingerprint density at radius 3 is 2.62 bits per heavy atom. The summed E-state index contributed by atoms with van der Waals surface area (Å²) in [7, 11) is 0. The molecule has 0 spiro atoms. The molecular formula is C19H17ClN2O2. The van der Waals surface area contributed by atoms with Gasteiger partial charge in [-0.2, -0.15) is 0 Å². The molecule has 1 atom stereocenters. The van der Waals surface area contributed by atoms with Gasteiger partial charge in [0.25, 0.3) is 5.56 Å². The maximum atomic E-state index is 11.8. The molecular weight excluding hydrogens is 324 g/mol. The summed E-state index contributed by atoms with van der Waals surface area (Å²) in [5, 5.41) is 0.648. The van der Waals surface area contributed by atoms with Crippen LogP contribution in [0.4, 0.5) is 0 Å². The molecule has 1 N–H and O–H groups in total. The fourth-order valence-electron chi connectivity index (χ4n) is 2.74. The van der Waals surface area contributed by atoms with Crippen LogP contribution in [0.3, 0.4) is 0 Å². The molecule has 0 fully saturated rings. The number of carbonyl (C=O) groups is 1. The van der Waals surface area contributed by atoms with Gasteiger partial charge in [0.2, 0.25) is 0 Å². The van der Waals surface area contributed by atoms with Gasteiger partial charge in [0, 0.05) is 10.9 Å². The molecule has 0 bridgehead atoms. The predicted molar refractivity (Wildman–Crippen MR) is 95.7 cm³/mol. The third-order valence-corrected chi connectivity index (χ3v) is 4.33. The quantitative estimate of drug-likeness (QED) is 0.721. The van der Waals surface area contributed by atoms with E-state index in [1.165, 1.54) is 0 Å². The highest BCUT2D eigenvalue weighted by molar-refractivity contribution is 6.30. The molecule has 1 unspecified atom stereocenters. The Hall–Kier alpha value is -2.46. The summed E-state index contributed by atoms with van der Waals surface area (Å²) in [6.45, 7) is 1.90. The average Bonchev–Trinajstić information content (AvgIpc) is 2.60. The molecule has 4 nitrogen and oxygen atoms in total. The van der Waals surface area contributed by atoms with Gasteiger partial charge in [-0.05, 0) is 48.2 Å². The van der Waals surface area contributed by atoms with Crippen molar-refractivity contribution in [2.75, 3.05) is 0 Å². The van der Waals surface area contributed by atoms with E-state index in [4.69, 9.17) is 11.6 Å². The van der Waals surface area contributed by atoms with E-state index in [2.05, 4.69) is 9.97 Å². The van der Waals surface area contributed by atoms with Crippen LogP contribution in [0.5, 0.6) is 0 Å². The molecule has 0 aliphatic carbocycles. The lowest BCUT2D eigenvalue weighted by Crippen LogP contribution is -2.14. The Balaban J connectivity index is 1.93. The van der Waals surface area contributed by atoms with Crippen molar-refractivity contribution < 1.29 is 4.79 Å². The molecule has 122 valence electrons. The van der Waals surface area contributed by atoms with Crippen molar-refractivity contribution in [1.82, 2.24) is 9.97 Å². The number of H-pyrrole nitrogens is 1. The maximum absolute atomic E-state index is 11.8. The summed E-state index contributed by atoms with van der Waals surface area (Å²) in [6.07, 6.45) is 2.10. The van der Waals surface area contributed by atoms with Gasteiger partial charge in [0.15, 0.2) is 0 Å². The van der Waals surface area contributed by atoms with Gasteiger partial charge in [0.1, 0.15) is 12.0 Å². The van der Waals surface area contributed by atoms with E-state index in [1.807, 2.05) is 37.3 Å². The van der Waals surface area contributed by atoms with Gasteiger partial charge in [-0.1, -0.05) is 36.7 Å². The molecule has 0 amide bonds. The zero-order chi connectivity index (χ0) is 17.1. The largest absolute Gasteiger partial charge is 0.319 e. The highest BCUT2D eigenvalue weighted by Gasteiger charge is 2.12. The summed E-state index contributed by atoms with van der Waals surface area (Å²) in [5.41, 5.74) is 3.74. The predicted octanol–water partition coefficient (Wildman–Crippen LogP) is 3.66. The number of carbonyl (C=O) groups excluding carboxylic acids is 1. The minimum atomic E-state index is -0.242. The number of aldehydes is 1. The smallest absolute Gasteiger partial charge is 0.270 e. The van der Waals surface area contributed by atoms with E-state index in [9.17, 15) is 9.59 Å². The average molecular weight is 341 g/mol. The fraction of sp³-hybridized carbons (Fsp3) is 0.211. The molecule has 5 heteroatoms. The number of hydrogen-bond donors (Lipinski definition) is 1. The van der Waals surface area contributed by atoms with E-state index >= 15 is 0 Å². The molecule has 24 heavy (non-hydrogen) atoms. The second-order valence-electron chi connectivity index (χ2n) is 5.72. The monoisotopic (exact) mass is 340 g/mol. The zero-order valence-electron chi connectivity index (χ0n) is 13.3. The second kappa shape index (κ2) is 6.97. The van der Waals surface area contributed by atoms with Crippen LogP contribution in [-0.2, 0) is 17.6 Å². The number of rotatable bonds is 5. The van der Waals surface area contributed by atoms with Crippen LogP contribution in [0.15, 0.2) is 47.3 Å². The number of aromatic nitrogens is 2. The number of benzene rings is 2. The van der Waals surface area contributed by atoms with Crippen LogP contribution in [-0.4, -0.2) is 16.3 Å². The Morgan fingerprint density at radius 2 is 1.96 bits per heavy atom. The third kappa shape index (κ3) is 3.39. The number of fused-ring (bicyclic) bond motifs is 1. The van der Waals surface area contributed by atoms with E-state index in [0.717, 1.165) is 22.9 Å². The lowest BCUT2D eigenvalue weighted by molar-refractivity contribution is -0.109. The summed E-state index contributed by atoms with van der Waals surface area (Å²) in [4.78, 5) is 30.6.